The number of rotatable bonds is 4. The summed E-state index contributed by atoms with van der Waals surface area (Å²) in [6.45, 7) is 0. The molecule has 0 unspecified atom stereocenters. The average Bonchev–Trinajstić information content (AvgIpc) is 2.44. The zero-order chi connectivity index (χ0) is 15.4. The molecule has 2 rings (SSSR count). The molecule has 2 aromatic rings. The van der Waals surface area contributed by atoms with Crippen LogP contribution in [0.2, 0.25) is 0 Å². The van der Waals surface area contributed by atoms with Crippen molar-refractivity contribution in [2.75, 3.05) is 25.6 Å². The Morgan fingerprint density at radius 1 is 1.10 bits per heavy atom. The van der Waals surface area contributed by atoms with Crippen molar-refractivity contribution in [3.05, 3.63) is 35.9 Å². The first-order valence-electron chi connectivity index (χ1n) is 6.17. The fourth-order valence-electron chi connectivity index (χ4n) is 1.67. The van der Waals surface area contributed by atoms with E-state index in [0.29, 0.717) is 5.16 Å². The van der Waals surface area contributed by atoms with Crippen LogP contribution in [-0.4, -0.2) is 39.9 Å². The van der Waals surface area contributed by atoms with E-state index in [1.165, 1.54) is 16.7 Å². The van der Waals surface area contributed by atoms with E-state index in [9.17, 15) is 4.79 Å². The molecule has 0 aliphatic carbocycles. The van der Waals surface area contributed by atoms with Gasteiger partial charge in [-0.05, 0) is 5.56 Å². The van der Waals surface area contributed by atoms with Gasteiger partial charge in [0, 0.05) is 14.1 Å². The fraction of sp³-hybridized carbons (Fsp3) is 0.231. The minimum absolute atomic E-state index is 0.0362. The summed E-state index contributed by atoms with van der Waals surface area (Å²) in [5.41, 5.74) is 12.0. The normalized spacial score (nSPS) is 11.9. The minimum Gasteiger partial charge on any atom is -0.368 e. The van der Waals surface area contributed by atoms with Gasteiger partial charge in [0.05, 0.1) is 0 Å². The van der Waals surface area contributed by atoms with Crippen molar-refractivity contribution in [2.45, 2.75) is 10.4 Å². The number of hydrogen-bond donors (Lipinski definition) is 2. The standard InChI is InChI=1S/C13H16N6OS/c1-19(2)10(20)9(8-6-4-3-5-7-8)21-13-17-11(14)16-12(15)18-13/h3-7,9H,1-2H3,(H4,14,15,16,17,18)/t9-/m0/s1. The Morgan fingerprint density at radius 2 is 1.67 bits per heavy atom. The number of thioether (sulfide) groups is 1. The van der Waals surface area contributed by atoms with Crippen LogP contribution in [0.25, 0.3) is 0 Å². The van der Waals surface area contributed by atoms with Crippen molar-refractivity contribution in [1.82, 2.24) is 19.9 Å². The van der Waals surface area contributed by atoms with Gasteiger partial charge >= 0.3 is 0 Å². The highest BCUT2D eigenvalue weighted by atomic mass is 32.2. The summed E-state index contributed by atoms with van der Waals surface area (Å²) in [6, 6.07) is 9.41. The fourth-order valence-corrected chi connectivity index (χ4v) is 2.78. The summed E-state index contributed by atoms with van der Waals surface area (Å²) in [7, 11) is 3.41. The van der Waals surface area contributed by atoms with Crippen LogP contribution in [-0.2, 0) is 4.79 Å². The number of nitrogen functional groups attached to an aromatic ring is 2. The van der Waals surface area contributed by atoms with Gasteiger partial charge in [-0.1, -0.05) is 42.1 Å². The van der Waals surface area contributed by atoms with Crippen molar-refractivity contribution in [2.24, 2.45) is 0 Å². The van der Waals surface area contributed by atoms with E-state index in [-0.39, 0.29) is 17.8 Å². The monoisotopic (exact) mass is 304 g/mol. The third-order valence-corrected chi connectivity index (χ3v) is 3.74. The van der Waals surface area contributed by atoms with Crippen LogP contribution in [0, 0.1) is 0 Å². The summed E-state index contributed by atoms with van der Waals surface area (Å²) in [5, 5.41) is -0.147. The third kappa shape index (κ3) is 3.82. The van der Waals surface area contributed by atoms with Gasteiger partial charge in [-0.2, -0.15) is 15.0 Å². The van der Waals surface area contributed by atoms with E-state index in [1.807, 2.05) is 30.3 Å². The second-order valence-electron chi connectivity index (χ2n) is 4.48. The first-order chi connectivity index (χ1) is 9.97. The molecule has 0 radical (unpaired) electrons. The molecule has 1 atom stereocenters. The molecule has 1 amide bonds. The Hall–Kier alpha value is -2.35. The maximum atomic E-state index is 12.4. The average molecular weight is 304 g/mol. The molecule has 0 aliphatic rings. The molecule has 1 aromatic heterocycles. The lowest BCUT2D eigenvalue weighted by atomic mass is 10.1. The predicted octanol–water partition coefficient (Wildman–Crippen LogP) is 0.958. The lowest BCUT2D eigenvalue weighted by molar-refractivity contribution is -0.128. The lowest BCUT2D eigenvalue weighted by Gasteiger charge is -2.19. The molecule has 1 heterocycles. The Balaban J connectivity index is 2.34. The topological polar surface area (TPSA) is 111 Å². The summed E-state index contributed by atoms with van der Waals surface area (Å²) >= 11 is 1.19. The quantitative estimate of drug-likeness (QED) is 0.809. The molecule has 7 nitrogen and oxygen atoms in total. The SMILES string of the molecule is CN(C)C(=O)[C@@H](Sc1nc(N)nc(N)n1)c1ccccc1. The van der Waals surface area contributed by atoms with Gasteiger partial charge in [-0.15, -0.1) is 0 Å². The number of anilines is 2. The van der Waals surface area contributed by atoms with Gasteiger partial charge in [0.15, 0.2) is 5.16 Å². The molecular formula is C13H16N6OS. The zero-order valence-corrected chi connectivity index (χ0v) is 12.5. The number of carbonyl (C=O) groups is 1. The van der Waals surface area contributed by atoms with Crippen LogP contribution in [0.5, 0.6) is 0 Å². The first-order valence-corrected chi connectivity index (χ1v) is 7.05. The molecule has 0 saturated carbocycles. The molecular weight excluding hydrogens is 288 g/mol. The molecule has 1 aromatic carbocycles. The number of amides is 1. The smallest absolute Gasteiger partial charge is 0.240 e. The molecule has 0 fully saturated rings. The number of nitrogens with two attached hydrogens (primary N) is 2. The zero-order valence-electron chi connectivity index (χ0n) is 11.7. The number of nitrogens with zero attached hydrogens (tertiary/aromatic N) is 4. The lowest BCUT2D eigenvalue weighted by Crippen LogP contribution is -2.26. The molecule has 8 heteroatoms. The Kier molecular flexibility index (Phi) is 4.59. The Labute approximate surface area is 126 Å². The summed E-state index contributed by atoms with van der Waals surface area (Å²) in [5.74, 6) is 0.00647. The molecule has 4 N–H and O–H groups in total. The maximum Gasteiger partial charge on any atom is 0.240 e. The molecule has 110 valence electrons. The van der Waals surface area contributed by atoms with E-state index in [0.717, 1.165) is 5.56 Å². The molecule has 0 aliphatic heterocycles. The number of hydrogen-bond acceptors (Lipinski definition) is 7. The number of likely N-dealkylation sites (N-methyl/N-ethyl adjacent to an activating group) is 1. The first kappa shape index (κ1) is 15.0. The summed E-state index contributed by atoms with van der Waals surface area (Å²) < 4.78 is 0. The highest BCUT2D eigenvalue weighted by Gasteiger charge is 2.25. The van der Waals surface area contributed by atoms with Gasteiger partial charge in [0.2, 0.25) is 17.8 Å². The predicted molar refractivity (Wildman–Crippen MR) is 82.4 cm³/mol. The van der Waals surface area contributed by atoms with Crippen molar-refractivity contribution in [3.8, 4) is 0 Å². The van der Waals surface area contributed by atoms with Gasteiger partial charge in [0.1, 0.15) is 5.25 Å². The van der Waals surface area contributed by atoms with Crippen molar-refractivity contribution in [1.29, 1.82) is 0 Å². The van der Waals surface area contributed by atoms with Crippen LogP contribution in [0.1, 0.15) is 10.8 Å². The van der Waals surface area contributed by atoms with Crippen molar-refractivity contribution >= 4 is 29.6 Å². The third-order valence-electron chi connectivity index (χ3n) is 2.64. The maximum absolute atomic E-state index is 12.4. The van der Waals surface area contributed by atoms with Crippen LogP contribution < -0.4 is 11.5 Å². The van der Waals surface area contributed by atoms with E-state index in [1.54, 1.807) is 14.1 Å². The highest BCUT2D eigenvalue weighted by Crippen LogP contribution is 2.34. The number of carbonyl (C=O) groups excluding carboxylic acids is 1. The van der Waals surface area contributed by atoms with Crippen LogP contribution in [0.15, 0.2) is 35.5 Å². The second-order valence-corrected chi connectivity index (χ2v) is 5.55. The van der Waals surface area contributed by atoms with Gasteiger partial charge < -0.3 is 16.4 Å². The van der Waals surface area contributed by atoms with Crippen LogP contribution in [0.3, 0.4) is 0 Å². The van der Waals surface area contributed by atoms with Crippen molar-refractivity contribution in [3.63, 3.8) is 0 Å². The summed E-state index contributed by atoms with van der Waals surface area (Å²) in [4.78, 5) is 25.7. The van der Waals surface area contributed by atoms with Crippen LogP contribution >= 0.6 is 11.8 Å². The summed E-state index contributed by atoms with van der Waals surface area (Å²) in [6.07, 6.45) is 0. The number of benzene rings is 1. The number of aromatic nitrogens is 3. The molecule has 21 heavy (non-hydrogen) atoms. The largest absolute Gasteiger partial charge is 0.368 e. The van der Waals surface area contributed by atoms with E-state index >= 15 is 0 Å². The van der Waals surface area contributed by atoms with E-state index in [2.05, 4.69) is 15.0 Å². The van der Waals surface area contributed by atoms with Gasteiger partial charge in [-0.25, -0.2) is 0 Å². The molecule has 0 saturated heterocycles. The minimum atomic E-state index is -0.470. The van der Waals surface area contributed by atoms with Crippen LogP contribution in [0.4, 0.5) is 11.9 Å². The van der Waals surface area contributed by atoms with Crippen molar-refractivity contribution < 1.29 is 4.79 Å². The molecule has 0 bridgehead atoms. The second kappa shape index (κ2) is 6.40. The van der Waals surface area contributed by atoms with E-state index < -0.39 is 5.25 Å². The Bertz CT molecular complexity index is 614. The Morgan fingerprint density at radius 3 is 2.19 bits per heavy atom. The van der Waals surface area contributed by atoms with Gasteiger partial charge in [0.25, 0.3) is 0 Å². The van der Waals surface area contributed by atoms with E-state index in [4.69, 9.17) is 11.5 Å². The molecule has 0 spiro atoms. The highest BCUT2D eigenvalue weighted by molar-refractivity contribution is 8.00. The van der Waals surface area contributed by atoms with Gasteiger partial charge in [-0.3, -0.25) is 4.79 Å².